The Bertz CT molecular complexity index is 569. The molecule has 1 spiro atoms. The topological polar surface area (TPSA) is 46.1 Å². The van der Waals surface area contributed by atoms with Gasteiger partial charge in [-0.3, -0.25) is 0 Å². The molecule has 1 aromatic rings. The molecule has 0 unspecified atom stereocenters. The molecule has 0 bridgehead atoms. The minimum atomic E-state index is -0.882. The summed E-state index contributed by atoms with van der Waals surface area (Å²) in [5.41, 5.74) is -0.196. The molecule has 2 aliphatic rings. The van der Waals surface area contributed by atoms with Crippen molar-refractivity contribution in [2.75, 3.05) is 0 Å². The summed E-state index contributed by atoms with van der Waals surface area (Å²) in [5.74, 6) is 0. The van der Waals surface area contributed by atoms with E-state index in [1.807, 2.05) is 44.2 Å². The van der Waals surface area contributed by atoms with E-state index in [-0.39, 0.29) is 0 Å². The Morgan fingerprint density at radius 3 is 2.25 bits per heavy atom. The third kappa shape index (κ3) is 1.63. The van der Waals surface area contributed by atoms with Gasteiger partial charge in [0.25, 0.3) is 11.3 Å². The smallest absolute Gasteiger partial charge is 0.407 e. The highest BCUT2D eigenvalue weighted by Crippen LogP contribution is 2.41. The van der Waals surface area contributed by atoms with Gasteiger partial charge >= 0.3 is 5.66 Å². The second kappa shape index (κ2) is 4.40. The van der Waals surface area contributed by atoms with Crippen LogP contribution in [0.5, 0.6) is 0 Å². The van der Waals surface area contributed by atoms with Crippen LogP contribution in [0.25, 0.3) is 0 Å². The van der Waals surface area contributed by atoms with Gasteiger partial charge in [-0.05, 0) is 25.0 Å². The van der Waals surface area contributed by atoms with Crippen LogP contribution in [0.2, 0.25) is 0 Å². The highest BCUT2D eigenvalue weighted by Gasteiger charge is 2.70. The van der Waals surface area contributed by atoms with E-state index in [9.17, 15) is 10.1 Å². The third-order valence-electron chi connectivity index (χ3n) is 4.75. The lowest BCUT2D eigenvalue weighted by Crippen LogP contribution is -2.50. The zero-order valence-electron chi connectivity index (χ0n) is 12.1. The monoisotopic (exact) mass is 273 g/mol. The second-order valence-electron chi connectivity index (χ2n) is 6.41. The lowest BCUT2D eigenvalue weighted by molar-refractivity contribution is -0.809. The fourth-order valence-electron chi connectivity index (χ4n) is 3.75. The van der Waals surface area contributed by atoms with Crippen molar-refractivity contribution < 1.29 is 9.50 Å². The SMILES string of the molecule is CC1(C)C(c2ccccc2)=[N+]([O-])C2(CCCCC2)[N+]1=O. The largest absolute Gasteiger partial charge is 0.618 e. The van der Waals surface area contributed by atoms with Crippen LogP contribution in [-0.4, -0.2) is 26.4 Å². The molecule has 4 nitrogen and oxygen atoms in total. The molecule has 0 radical (unpaired) electrons. The normalized spacial score (nSPS) is 24.4. The standard InChI is InChI=1S/C16H21N2O2/c1-15(2)14(13-9-5-3-6-10-13)17(19)16(18(15)20)11-7-4-8-12-16/h3,5-6,9-10H,4,7-8,11-12H2,1-2H3/q+1. The molecule has 1 fully saturated rings. The molecule has 0 amide bonds. The Balaban J connectivity index is 2.17. The number of nitroso groups, excluding NO2 is 1. The first kappa shape index (κ1) is 13.3. The van der Waals surface area contributed by atoms with E-state index in [1.54, 1.807) is 0 Å². The highest BCUT2D eigenvalue weighted by atomic mass is 16.5. The predicted molar refractivity (Wildman–Crippen MR) is 77.7 cm³/mol. The number of nitrogens with zero attached hydrogens (tertiary/aromatic N) is 2. The van der Waals surface area contributed by atoms with Crippen LogP contribution in [0.4, 0.5) is 0 Å². The van der Waals surface area contributed by atoms with Crippen molar-refractivity contribution in [3.8, 4) is 0 Å². The fraction of sp³-hybridized carbons (Fsp3) is 0.562. The predicted octanol–water partition coefficient (Wildman–Crippen LogP) is 3.22. The van der Waals surface area contributed by atoms with Gasteiger partial charge in [0.2, 0.25) is 0 Å². The molecule has 1 saturated carbocycles. The molecule has 1 heterocycles. The molecule has 0 atom stereocenters. The maximum atomic E-state index is 12.9. The van der Waals surface area contributed by atoms with Crippen molar-refractivity contribution in [1.82, 2.24) is 0 Å². The molecule has 4 heteroatoms. The average molecular weight is 273 g/mol. The van der Waals surface area contributed by atoms with Crippen LogP contribution >= 0.6 is 0 Å². The Kier molecular flexibility index (Phi) is 2.92. The number of rotatable bonds is 1. The Labute approximate surface area is 119 Å². The third-order valence-corrected chi connectivity index (χ3v) is 4.75. The van der Waals surface area contributed by atoms with E-state index in [0.29, 0.717) is 18.6 Å². The van der Waals surface area contributed by atoms with E-state index in [4.69, 9.17) is 0 Å². The van der Waals surface area contributed by atoms with Crippen LogP contribution in [-0.2, 0) is 0 Å². The van der Waals surface area contributed by atoms with Crippen LogP contribution in [0.1, 0.15) is 51.5 Å². The molecule has 1 aliphatic heterocycles. The van der Waals surface area contributed by atoms with Crippen molar-refractivity contribution in [2.45, 2.75) is 57.2 Å². The first-order valence-corrected chi connectivity index (χ1v) is 7.38. The number of hydrogen-bond donors (Lipinski definition) is 0. The molecular weight excluding hydrogens is 252 g/mol. The summed E-state index contributed by atoms with van der Waals surface area (Å²) >= 11 is 0. The quantitative estimate of drug-likeness (QED) is 0.582. The van der Waals surface area contributed by atoms with Gasteiger partial charge in [0.1, 0.15) is 0 Å². The van der Waals surface area contributed by atoms with Gasteiger partial charge in [-0.25, -0.2) is 0 Å². The Morgan fingerprint density at radius 1 is 1.05 bits per heavy atom. The van der Waals surface area contributed by atoms with Gasteiger partial charge in [0.05, 0.1) is 23.2 Å². The van der Waals surface area contributed by atoms with E-state index in [1.165, 1.54) is 0 Å². The molecule has 0 aromatic heterocycles. The molecule has 3 rings (SSSR count). The van der Waals surface area contributed by atoms with Gasteiger partial charge in [-0.2, -0.15) is 0 Å². The van der Waals surface area contributed by atoms with Gasteiger partial charge in [-0.1, -0.05) is 24.6 Å². The van der Waals surface area contributed by atoms with Gasteiger partial charge in [-0.15, -0.1) is 4.74 Å². The highest BCUT2D eigenvalue weighted by molar-refractivity contribution is 6.03. The van der Waals surface area contributed by atoms with Crippen molar-refractivity contribution >= 4 is 5.71 Å². The van der Waals surface area contributed by atoms with Gasteiger partial charge < -0.3 is 5.21 Å². The van der Waals surface area contributed by atoms with Crippen molar-refractivity contribution in [3.63, 3.8) is 0 Å². The van der Waals surface area contributed by atoms with Crippen LogP contribution in [0.3, 0.4) is 0 Å². The molecule has 1 aromatic carbocycles. The van der Waals surface area contributed by atoms with Crippen molar-refractivity contribution in [2.24, 2.45) is 0 Å². The van der Waals surface area contributed by atoms with Crippen molar-refractivity contribution in [1.29, 1.82) is 0 Å². The van der Waals surface area contributed by atoms with Crippen LogP contribution in [0, 0.1) is 10.1 Å². The molecule has 20 heavy (non-hydrogen) atoms. The van der Waals surface area contributed by atoms with Crippen molar-refractivity contribution in [3.05, 3.63) is 46.0 Å². The summed E-state index contributed by atoms with van der Waals surface area (Å²) in [6, 6.07) is 9.57. The molecule has 0 saturated heterocycles. The summed E-state index contributed by atoms with van der Waals surface area (Å²) in [6.07, 6.45) is 4.36. The zero-order chi connectivity index (χ0) is 14.4. The maximum Gasteiger partial charge on any atom is 0.407 e. The van der Waals surface area contributed by atoms with Gasteiger partial charge in [0.15, 0.2) is 0 Å². The van der Waals surface area contributed by atoms with E-state index >= 15 is 0 Å². The fourth-order valence-corrected chi connectivity index (χ4v) is 3.75. The summed E-state index contributed by atoms with van der Waals surface area (Å²) in [6.45, 7) is 3.72. The first-order chi connectivity index (χ1) is 9.50. The Morgan fingerprint density at radius 2 is 1.65 bits per heavy atom. The van der Waals surface area contributed by atoms with E-state index in [2.05, 4.69) is 0 Å². The minimum Gasteiger partial charge on any atom is -0.618 e. The number of benzene rings is 1. The second-order valence-corrected chi connectivity index (χ2v) is 6.41. The first-order valence-electron chi connectivity index (χ1n) is 7.38. The lowest BCUT2D eigenvalue weighted by atomic mass is 9.88. The molecule has 106 valence electrons. The lowest BCUT2D eigenvalue weighted by Gasteiger charge is -2.24. The summed E-state index contributed by atoms with van der Waals surface area (Å²) < 4.78 is 2.09. The molecule has 1 aliphatic carbocycles. The molecule has 0 N–H and O–H groups in total. The zero-order valence-corrected chi connectivity index (χ0v) is 12.1. The molecular formula is C16H21N2O2+. The van der Waals surface area contributed by atoms with Gasteiger partial charge in [0, 0.05) is 18.8 Å². The summed E-state index contributed by atoms with van der Waals surface area (Å²) in [7, 11) is 0. The van der Waals surface area contributed by atoms with E-state index < -0.39 is 11.2 Å². The summed E-state index contributed by atoms with van der Waals surface area (Å²) in [5, 5.41) is 12.9. The van der Waals surface area contributed by atoms with Crippen LogP contribution < -0.4 is 0 Å². The minimum absolute atomic E-state index is 0.606. The summed E-state index contributed by atoms with van der Waals surface area (Å²) in [4.78, 5) is 12.9. The van der Waals surface area contributed by atoms with Crippen LogP contribution in [0.15, 0.2) is 30.3 Å². The average Bonchev–Trinajstić information content (AvgIpc) is 2.60. The maximum absolute atomic E-state index is 12.9. The Hall–Kier alpha value is -1.71. The van der Waals surface area contributed by atoms with E-state index in [0.717, 1.165) is 34.3 Å². The number of hydroxylamine groups is 1. The number of hydrogen-bond acceptors (Lipinski definition) is 2.